The average molecular weight is 224 g/mol. The number of aliphatic carboxylic acids is 1. The van der Waals surface area contributed by atoms with E-state index in [2.05, 4.69) is 0 Å². The third kappa shape index (κ3) is 3.90. The molecule has 0 saturated heterocycles. The molecule has 4 nitrogen and oxygen atoms in total. The quantitative estimate of drug-likeness (QED) is 0.775. The molecule has 0 saturated carbocycles. The lowest BCUT2D eigenvalue weighted by atomic mass is 10.0. The monoisotopic (exact) mass is 224 g/mol. The third-order valence-corrected chi connectivity index (χ3v) is 2.35. The minimum atomic E-state index is -0.835. The molecule has 1 aromatic carbocycles. The normalized spacial score (nSPS) is 12.1. The van der Waals surface area contributed by atoms with Crippen LogP contribution in [0.2, 0.25) is 0 Å². The van der Waals surface area contributed by atoms with Gasteiger partial charge >= 0.3 is 5.97 Å². The Morgan fingerprint density at radius 2 is 2.25 bits per heavy atom. The summed E-state index contributed by atoms with van der Waals surface area (Å²) in [5.74, 6) is -0.146. The zero-order chi connectivity index (χ0) is 12.0. The van der Waals surface area contributed by atoms with Crippen LogP contribution in [-0.2, 0) is 4.79 Å². The summed E-state index contributed by atoms with van der Waals surface area (Å²) in [6.45, 7) is 0. The number of hydrogen-bond acceptors (Lipinski definition) is 3. The van der Waals surface area contributed by atoms with Crippen molar-refractivity contribution in [3.05, 3.63) is 29.8 Å². The van der Waals surface area contributed by atoms with Crippen molar-refractivity contribution in [2.45, 2.75) is 25.4 Å². The summed E-state index contributed by atoms with van der Waals surface area (Å²) in [7, 11) is 1.57. The minimum absolute atomic E-state index is 0.0844. The van der Waals surface area contributed by atoms with Crippen molar-refractivity contribution < 1.29 is 19.7 Å². The van der Waals surface area contributed by atoms with Gasteiger partial charge in [-0.25, -0.2) is 0 Å². The van der Waals surface area contributed by atoms with Gasteiger partial charge in [-0.15, -0.1) is 0 Å². The number of aliphatic hydroxyl groups is 1. The van der Waals surface area contributed by atoms with Crippen LogP contribution in [-0.4, -0.2) is 23.3 Å². The Kier molecular flexibility index (Phi) is 4.79. The largest absolute Gasteiger partial charge is 0.497 e. The van der Waals surface area contributed by atoms with Crippen LogP contribution in [0.25, 0.3) is 0 Å². The predicted molar refractivity (Wildman–Crippen MR) is 59.4 cm³/mol. The van der Waals surface area contributed by atoms with Gasteiger partial charge in [-0.1, -0.05) is 12.1 Å². The van der Waals surface area contributed by atoms with Gasteiger partial charge < -0.3 is 14.9 Å². The van der Waals surface area contributed by atoms with E-state index in [-0.39, 0.29) is 6.42 Å². The fourth-order valence-electron chi connectivity index (χ4n) is 1.46. The number of methoxy groups -OCH3 is 1. The molecule has 1 atom stereocenters. The highest BCUT2D eigenvalue weighted by molar-refractivity contribution is 5.66. The number of carboxylic acids is 1. The van der Waals surface area contributed by atoms with Gasteiger partial charge in [-0.3, -0.25) is 4.79 Å². The van der Waals surface area contributed by atoms with E-state index in [0.717, 1.165) is 5.56 Å². The van der Waals surface area contributed by atoms with Gasteiger partial charge in [0.2, 0.25) is 0 Å². The zero-order valence-electron chi connectivity index (χ0n) is 9.22. The molecule has 0 aliphatic rings. The summed E-state index contributed by atoms with van der Waals surface area (Å²) >= 11 is 0. The summed E-state index contributed by atoms with van der Waals surface area (Å²) in [6.07, 6.45) is 0.364. The summed E-state index contributed by atoms with van der Waals surface area (Å²) in [5, 5.41) is 18.3. The molecule has 0 aliphatic heterocycles. The molecule has 2 N–H and O–H groups in total. The summed E-state index contributed by atoms with van der Waals surface area (Å²) in [4.78, 5) is 10.3. The second-order valence-electron chi connectivity index (χ2n) is 3.58. The third-order valence-electron chi connectivity index (χ3n) is 2.35. The first-order chi connectivity index (χ1) is 7.63. The highest BCUT2D eigenvalue weighted by atomic mass is 16.5. The summed E-state index contributed by atoms with van der Waals surface area (Å²) < 4.78 is 5.04. The molecule has 0 heterocycles. The highest BCUT2D eigenvalue weighted by Gasteiger charge is 2.09. The lowest BCUT2D eigenvalue weighted by molar-refractivity contribution is -0.137. The molecule has 88 valence electrons. The van der Waals surface area contributed by atoms with Crippen LogP contribution in [0, 0.1) is 0 Å². The van der Waals surface area contributed by atoms with Gasteiger partial charge in [0.25, 0.3) is 0 Å². The molecule has 1 rings (SSSR count). The zero-order valence-corrected chi connectivity index (χ0v) is 9.22. The van der Waals surface area contributed by atoms with Crippen molar-refractivity contribution in [3.8, 4) is 5.75 Å². The molecular weight excluding hydrogens is 208 g/mol. The number of benzene rings is 1. The minimum Gasteiger partial charge on any atom is -0.497 e. The smallest absolute Gasteiger partial charge is 0.303 e. The number of aliphatic hydroxyl groups excluding tert-OH is 1. The second kappa shape index (κ2) is 6.12. The second-order valence-corrected chi connectivity index (χ2v) is 3.58. The lowest BCUT2D eigenvalue weighted by Gasteiger charge is -2.11. The first-order valence-electron chi connectivity index (χ1n) is 5.17. The van der Waals surface area contributed by atoms with Crippen LogP contribution in [0.15, 0.2) is 24.3 Å². The first kappa shape index (κ1) is 12.5. The molecule has 0 bridgehead atoms. The van der Waals surface area contributed by atoms with Crippen molar-refractivity contribution >= 4 is 5.97 Å². The Morgan fingerprint density at radius 1 is 1.50 bits per heavy atom. The Bertz CT molecular complexity index is 349. The molecule has 0 amide bonds. The molecular formula is C12H16O4. The van der Waals surface area contributed by atoms with Gasteiger partial charge in [0, 0.05) is 6.42 Å². The van der Waals surface area contributed by atoms with Crippen molar-refractivity contribution in [2.24, 2.45) is 0 Å². The van der Waals surface area contributed by atoms with Gasteiger partial charge in [0.15, 0.2) is 0 Å². The fourth-order valence-corrected chi connectivity index (χ4v) is 1.46. The fraction of sp³-hybridized carbons (Fsp3) is 0.417. The number of rotatable bonds is 6. The molecule has 16 heavy (non-hydrogen) atoms. The maximum absolute atomic E-state index is 10.3. The predicted octanol–water partition coefficient (Wildman–Crippen LogP) is 1.98. The Balaban J connectivity index is 2.51. The van der Waals surface area contributed by atoms with Crippen molar-refractivity contribution in [3.63, 3.8) is 0 Å². The Hall–Kier alpha value is -1.55. The van der Waals surface area contributed by atoms with Crippen molar-refractivity contribution in [1.29, 1.82) is 0 Å². The molecule has 0 spiro atoms. The van der Waals surface area contributed by atoms with E-state index in [1.54, 1.807) is 31.4 Å². The highest BCUT2D eigenvalue weighted by Crippen LogP contribution is 2.22. The Morgan fingerprint density at radius 3 is 2.88 bits per heavy atom. The van der Waals surface area contributed by atoms with E-state index in [0.29, 0.717) is 18.6 Å². The summed E-state index contributed by atoms with van der Waals surface area (Å²) in [6, 6.07) is 7.15. The van der Waals surface area contributed by atoms with Gasteiger partial charge in [0.05, 0.1) is 13.2 Å². The van der Waals surface area contributed by atoms with Gasteiger partial charge in [-0.2, -0.15) is 0 Å². The maximum Gasteiger partial charge on any atom is 0.303 e. The SMILES string of the molecule is COc1cccc(C(O)CCCC(=O)O)c1. The number of carbonyl (C=O) groups is 1. The van der Waals surface area contributed by atoms with Crippen LogP contribution in [0.4, 0.5) is 0 Å². The van der Waals surface area contributed by atoms with Crippen LogP contribution in [0.1, 0.15) is 30.9 Å². The van der Waals surface area contributed by atoms with Gasteiger partial charge in [-0.05, 0) is 30.5 Å². The van der Waals surface area contributed by atoms with E-state index in [1.165, 1.54) is 0 Å². The van der Waals surface area contributed by atoms with Crippen LogP contribution in [0.5, 0.6) is 5.75 Å². The van der Waals surface area contributed by atoms with Crippen molar-refractivity contribution in [1.82, 2.24) is 0 Å². The number of carboxylic acid groups (broad SMARTS) is 1. The lowest BCUT2D eigenvalue weighted by Crippen LogP contribution is -2.00. The summed E-state index contributed by atoms with van der Waals surface area (Å²) in [5.41, 5.74) is 0.754. The topological polar surface area (TPSA) is 66.8 Å². The standard InChI is InChI=1S/C12H16O4/c1-16-10-5-2-4-9(8-10)11(13)6-3-7-12(14)15/h2,4-5,8,11,13H,3,6-7H2,1H3,(H,14,15). The average Bonchev–Trinajstić information content (AvgIpc) is 2.28. The van der Waals surface area contributed by atoms with E-state index in [1.807, 2.05) is 0 Å². The molecule has 0 radical (unpaired) electrons. The maximum atomic E-state index is 10.3. The molecule has 0 aromatic heterocycles. The first-order valence-corrected chi connectivity index (χ1v) is 5.17. The van der Waals surface area contributed by atoms with E-state index >= 15 is 0 Å². The number of ether oxygens (including phenoxy) is 1. The van der Waals surface area contributed by atoms with E-state index < -0.39 is 12.1 Å². The van der Waals surface area contributed by atoms with Crippen LogP contribution in [0.3, 0.4) is 0 Å². The van der Waals surface area contributed by atoms with Crippen LogP contribution >= 0.6 is 0 Å². The Labute approximate surface area is 94.5 Å². The molecule has 1 unspecified atom stereocenters. The van der Waals surface area contributed by atoms with Crippen LogP contribution < -0.4 is 4.74 Å². The number of hydrogen-bond donors (Lipinski definition) is 2. The molecule has 1 aromatic rings. The van der Waals surface area contributed by atoms with E-state index in [4.69, 9.17) is 9.84 Å². The molecule has 4 heteroatoms. The molecule has 0 aliphatic carbocycles. The van der Waals surface area contributed by atoms with E-state index in [9.17, 15) is 9.90 Å². The van der Waals surface area contributed by atoms with Crippen molar-refractivity contribution in [2.75, 3.05) is 7.11 Å². The van der Waals surface area contributed by atoms with Gasteiger partial charge in [0.1, 0.15) is 5.75 Å². The molecule has 0 fully saturated rings.